The molecule has 1 rings (SSSR count). The van der Waals surface area contributed by atoms with E-state index in [1.54, 1.807) is 0 Å². The molecule has 0 bridgehead atoms. The molecule has 0 aliphatic carbocycles. The highest BCUT2D eigenvalue weighted by molar-refractivity contribution is 5.20. The van der Waals surface area contributed by atoms with E-state index in [1.807, 2.05) is 0 Å². The van der Waals surface area contributed by atoms with E-state index in [0.29, 0.717) is 6.54 Å². The van der Waals surface area contributed by atoms with Gasteiger partial charge in [-0.25, -0.2) is 4.79 Å². The van der Waals surface area contributed by atoms with Gasteiger partial charge in [-0.15, -0.1) is 0 Å². The molecule has 0 N–H and O–H groups in total. The molecule has 0 aromatic carbocycles. The minimum Gasteiger partial charge on any atom is -0.859 e. The van der Waals surface area contributed by atoms with Crippen molar-refractivity contribution in [3.63, 3.8) is 0 Å². The normalized spacial score (nSPS) is 11.9. The van der Waals surface area contributed by atoms with Gasteiger partial charge in [0.05, 0.1) is 25.2 Å². The Morgan fingerprint density at radius 1 is 0.909 bits per heavy atom. The van der Waals surface area contributed by atoms with Crippen LogP contribution < -0.4 is 16.4 Å². The first-order valence-electron chi connectivity index (χ1n) is 8.14. The summed E-state index contributed by atoms with van der Waals surface area (Å²) in [5.41, 5.74) is -0.766. The van der Waals surface area contributed by atoms with Gasteiger partial charge < -0.3 is 14.2 Å². The average Bonchev–Trinajstić information content (AvgIpc) is 2.48. The number of hydrogen-bond donors (Lipinski definition) is 0. The Morgan fingerprint density at radius 2 is 1.36 bits per heavy atom. The molecular formula is C16H29N3O3. The van der Waals surface area contributed by atoms with Crippen LogP contribution in [0.3, 0.4) is 0 Å². The smallest absolute Gasteiger partial charge is 0.329 e. The van der Waals surface area contributed by atoms with Crippen molar-refractivity contribution in [2.24, 2.45) is 14.1 Å². The van der Waals surface area contributed by atoms with Gasteiger partial charge in [-0.1, -0.05) is 20.8 Å². The number of aromatic nitrogens is 2. The zero-order valence-corrected chi connectivity index (χ0v) is 14.5. The molecule has 0 amide bonds. The fraction of sp³-hybridized carbons (Fsp3) is 0.750. The average molecular weight is 311 g/mol. The van der Waals surface area contributed by atoms with Crippen molar-refractivity contribution in [1.29, 1.82) is 0 Å². The van der Waals surface area contributed by atoms with Crippen molar-refractivity contribution in [2.45, 2.75) is 46.6 Å². The van der Waals surface area contributed by atoms with E-state index in [-0.39, 0.29) is 5.56 Å². The van der Waals surface area contributed by atoms with E-state index in [0.717, 1.165) is 52.5 Å². The molecule has 0 aliphatic heterocycles. The van der Waals surface area contributed by atoms with Crippen LogP contribution in [-0.4, -0.2) is 33.3 Å². The molecule has 0 radical (unpaired) electrons. The largest absolute Gasteiger partial charge is 0.859 e. The molecule has 1 aromatic rings. The molecule has 0 fully saturated rings. The van der Waals surface area contributed by atoms with E-state index in [9.17, 15) is 14.7 Å². The van der Waals surface area contributed by atoms with Gasteiger partial charge in [0.15, 0.2) is 0 Å². The van der Waals surface area contributed by atoms with Gasteiger partial charge in [-0.2, -0.15) is 0 Å². The zero-order valence-electron chi connectivity index (χ0n) is 14.5. The number of rotatable bonds is 8. The lowest BCUT2D eigenvalue weighted by molar-refractivity contribution is -0.941. The highest BCUT2D eigenvalue weighted by Gasteiger charge is 2.27. The summed E-state index contributed by atoms with van der Waals surface area (Å²) < 4.78 is 2.82. The Hall–Kier alpha value is -1.56. The highest BCUT2D eigenvalue weighted by atomic mass is 16.3. The molecular weight excluding hydrogens is 282 g/mol. The number of quaternary nitrogens is 1. The molecule has 0 saturated heterocycles. The van der Waals surface area contributed by atoms with Gasteiger partial charge in [0.25, 0.3) is 5.56 Å². The van der Waals surface area contributed by atoms with E-state index in [4.69, 9.17) is 0 Å². The minimum atomic E-state index is -0.557. The van der Waals surface area contributed by atoms with Crippen molar-refractivity contribution in [3.05, 3.63) is 26.4 Å². The van der Waals surface area contributed by atoms with Crippen molar-refractivity contribution >= 4 is 0 Å². The summed E-state index contributed by atoms with van der Waals surface area (Å²) in [6, 6.07) is 0. The summed E-state index contributed by atoms with van der Waals surface area (Å²) in [7, 11) is 2.86. The van der Waals surface area contributed by atoms with Crippen LogP contribution in [0, 0.1) is 0 Å². The second kappa shape index (κ2) is 7.63. The topological polar surface area (TPSA) is 67.1 Å². The molecule has 6 nitrogen and oxygen atoms in total. The molecule has 0 saturated carbocycles. The zero-order chi connectivity index (χ0) is 16.9. The third-order valence-electron chi connectivity index (χ3n) is 4.29. The van der Waals surface area contributed by atoms with Crippen LogP contribution in [0.15, 0.2) is 9.59 Å². The summed E-state index contributed by atoms with van der Waals surface area (Å²) in [6.45, 7) is 9.59. The molecule has 1 aromatic heterocycles. The van der Waals surface area contributed by atoms with Crippen LogP contribution in [0.1, 0.15) is 45.6 Å². The van der Waals surface area contributed by atoms with Crippen LogP contribution >= 0.6 is 0 Å². The van der Waals surface area contributed by atoms with Crippen LogP contribution in [0.4, 0.5) is 0 Å². The lowest BCUT2D eigenvalue weighted by Crippen LogP contribution is -2.51. The summed E-state index contributed by atoms with van der Waals surface area (Å²) in [4.78, 5) is 24.2. The molecule has 1 heterocycles. The van der Waals surface area contributed by atoms with Crippen LogP contribution in [0.25, 0.3) is 0 Å². The summed E-state index contributed by atoms with van der Waals surface area (Å²) in [5.74, 6) is -0.445. The fourth-order valence-electron chi connectivity index (χ4n) is 3.36. The van der Waals surface area contributed by atoms with Crippen LogP contribution in [0.2, 0.25) is 0 Å². The summed E-state index contributed by atoms with van der Waals surface area (Å²) in [6.07, 6.45) is 3.00. The maximum absolute atomic E-state index is 12.4. The van der Waals surface area contributed by atoms with E-state index < -0.39 is 17.1 Å². The third kappa shape index (κ3) is 3.61. The van der Waals surface area contributed by atoms with Crippen LogP contribution in [0.5, 0.6) is 5.88 Å². The van der Waals surface area contributed by atoms with Crippen molar-refractivity contribution in [2.75, 3.05) is 19.6 Å². The first-order valence-corrected chi connectivity index (χ1v) is 8.14. The van der Waals surface area contributed by atoms with Gasteiger partial charge in [0.2, 0.25) is 0 Å². The Kier molecular flexibility index (Phi) is 6.41. The SMILES string of the molecule is CCC[N+](CCC)(CCC)Cc1c([O-])n(C)c(=O)n(C)c1=O. The molecule has 0 unspecified atom stereocenters. The second-order valence-corrected chi connectivity index (χ2v) is 6.16. The van der Waals surface area contributed by atoms with Gasteiger partial charge in [0, 0.05) is 14.1 Å². The molecule has 126 valence electrons. The Balaban J connectivity index is 3.41. The molecule has 6 heteroatoms. The quantitative estimate of drug-likeness (QED) is 0.664. The monoisotopic (exact) mass is 311 g/mol. The summed E-state index contributed by atoms with van der Waals surface area (Å²) in [5, 5.41) is 12.4. The minimum absolute atomic E-state index is 0.236. The maximum Gasteiger partial charge on any atom is 0.329 e. The van der Waals surface area contributed by atoms with Gasteiger partial charge in [-0.3, -0.25) is 9.36 Å². The van der Waals surface area contributed by atoms with Crippen molar-refractivity contribution in [3.8, 4) is 5.88 Å². The maximum atomic E-state index is 12.4. The first kappa shape index (κ1) is 18.5. The third-order valence-corrected chi connectivity index (χ3v) is 4.29. The Bertz CT molecular complexity index is 599. The second-order valence-electron chi connectivity index (χ2n) is 6.16. The van der Waals surface area contributed by atoms with Crippen molar-refractivity contribution in [1.82, 2.24) is 9.13 Å². The predicted octanol–water partition coefficient (Wildman–Crippen LogP) is 0.704. The first-order chi connectivity index (χ1) is 10.3. The van der Waals surface area contributed by atoms with Crippen molar-refractivity contribution < 1.29 is 9.59 Å². The van der Waals surface area contributed by atoms with E-state index >= 15 is 0 Å². The Morgan fingerprint density at radius 3 is 1.77 bits per heavy atom. The molecule has 0 aliphatic rings. The lowest BCUT2D eigenvalue weighted by Gasteiger charge is -2.39. The van der Waals surface area contributed by atoms with Gasteiger partial charge in [0.1, 0.15) is 6.54 Å². The number of hydrogen-bond acceptors (Lipinski definition) is 3. The summed E-state index contributed by atoms with van der Waals surface area (Å²) >= 11 is 0. The standard InChI is InChI=1S/C16H29N3O3/c1-6-9-19(10-7-2,11-8-3)12-13-14(20)17(4)16(22)18(5)15(13)21/h6-12H2,1-5H3. The molecule has 0 spiro atoms. The fourth-order valence-corrected chi connectivity index (χ4v) is 3.36. The molecule has 22 heavy (non-hydrogen) atoms. The predicted molar refractivity (Wildman–Crippen MR) is 85.8 cm³/mol. The number of nitrogens with zero attached hydrogens (tertiary/aromatic N) is 3. The molecule has 0 atom stereocenters. The lowest BCUT2D eigenvalue weighted by atomic mass is 10.1. The van der Waals surface area contributed by atoms with Gasteiger partial charge in [-0.05, 0) is 25.1 Å². The van der Waals surface area contributed by atoms with Gasteiger partial charge >= 0.3 is 5.69 Å². The Labute approximate surface area is 132 Å². The highest BCUT2D eigenvalue weighted by Crippen LogP contribution is 2.19. The van der Waals surface area contributed by atoms with Crippen LogP contribution in [-0.2, 0) is 20.6 Å². The van der Waals surface area contributed by atoms with E-state index in [1.165, 1.54) is 14.1 Å². The van der Waals surface area contributed by atoms with E-state index in [2.05, 4.69) is 20.8 Å².